The number of piperidine rings is 1. The molecule has 0 saturated carbocycles. The van der Waals surface area contributed by atoms with Gasteiger partial charge in [0.1, 0.15) is 11.7 Å². The largest absolute Gasteiger partial charge is 0.416 e. The molecule has 1 fully saturated rings. The minimum absolute atomic E-state index is 0.269. The van der Waals surface area contributed by atoms with Crippen LogP contribution in [0.1, 0.15) is 47.5 Å². The van der Waals surface area contributed by atoms with E-state index in [1.165, 1.54) is 10.9 Å². The summed E-state index contributed by atoms with van der Waals surface area (Å²) in [5.41, 5.74) is 0. The minimum atomic E-state index is -1.66. The molecule has 2 aliphatic heterocycles. The van der Waals surface area contributed by atoms with E-state index in [0.717, 1.165) is 44.3 Å². The molecule has 5 nitrogen and oxygen atoms in total. The first-order chi connectivity index (χ1) is 13.4. The van der Waals surface area contributed by atoms with Gasteiger partial charge in [0.25, 0.3) is 0 Å². The van der Waals surface area contributed by atoms with Gasteiger partial charge in [0.05, 0.1) is 6.04 Å². The van der Waals surface area contributed by atoms with Gasteiger partial charge in [0.15, 0.2) is 8.32 Å². The molecule has 1 atom stereocenters. The summed E-state index contributed by atoms with van der Waals surface area (Å²) in [5.74, 6) is 2.47. The van der Waals surface area contributed by atoms with E-state index in [1.807, 2.05) is 0 Å². The molecule has 0 spiro atoms. The van der Waals surface area contributed by atoms with Gasteiger partial charge in [-0.3, -0.25) is 9.89 Å². The van der Waals surface area contributed by atoms with Gasteiger partial charge < -0.3 is 14.6 Å². The second kappa shape index (κ2) is 10.1. The predicted octanol–water partition coefficient (Wildman–Crippen LogP) is 5.14. The number of aliphatic imine (C=N–C) groups is 1. The molecule has 0 aromatic heterocycles. The lowest BCUT2D eigenvalue weighted by molar-refractivity contribution is 0.165. The SMILES string of the molecule is CC(C)/C(Br)=C1/NC(=N[C@H]2CCCN(CCO[Si](C)(C)C(C)(C)C)C2)C=CN1C. The van der Waals surface area contributed by atoms with Gasteiger partial charge in [-0.15, -0.1) is 0 Å². The van der Waals surface area contributed by atoms with Crippen molar-refractivity contribution in [1.29, 1.82) is 0 Å². The van der Waals surface area contributed by atoms with Crippen LogP contribution in [0.15, 0.2) is 27.6 Å². The Morgan fingerprint density at radius 2 is 2.07 bits per heavy atom. The Morgan fingerprint density at radius 1 is 1.38 bits per heavy atom. The molecule has 2 heterocycles. The van der Waals surface area contributed by atoms with Crippen molar-refractivity contribution in [3.63, 3.8) is 0 Å². The predicted molar refractivity (Wildman–Crippen MR) is 131 cm³/mol. The van der Waals surface area contributed by atoms with Crippen LogP contribution in [0.3, 0.4) is 0 Å². The normalized spacial score (nSPS) is 25.0. The van der Waals surface area contributed by atoms with Crippen molar-refractivity contribution in [3.8, 4) is 0 Å². The maximum Gasteiger partial charge on any atom is 0.192 e. The summed E-state index contributed by atoms with van der Waals surface area (Å²) in [6.07, 6.45) is 6.51. The van der Waals surface area contributed by atoms with Crippen LogP contribution in [0.2, 0.25) is 18.1 Å². The lowest BCUT2D eigenvalue weighted by Crippen LogP contribution is -2.45. The van der Waals surface area contributed by atoms with Crippen LogP contribution in [0.4, 0.5) is 0 Å². The summed E-state index contributed by atoms with van der Waals surface area (Å²) in [5, 5.41) is 3.78. The molecule has 2 aliphatic rings. The average Bonchev–Trinajstić information content (AvgIpc) is 2.62. The first kappa shape index (κ1) is 24.6. The van der Waals surface area contributed by atoms with Crippen molar-refractivity contribution in [3.05, 3.63) is 22.6 Å². The highest BCUT2D eigenvalue weighted by molar-refractivity contribution is 9.11. The number of allylic oxidation sites excluding steroid dienone is 1. The quantitative estimate of drug-likeness (QED) is 0.529. The number of hydrogen-bond donors (Lipinski definition) is 1. The van der Waals surface area contributed by atoms with Crippen molar-refractivity contribution in [2.45, 2.75) is 71.6 Å². The average molecular weight is 486 g/mol. The van der Waals surface area contributed by atoms with Gasteiger partial charge in [0, 0.05) is 37.4 Å². The molecular formula is C22H41BrN4OSi. The van der Waals surface area contributed by atoms with Gasteiger partial charge >= 0.3 is 0 Å². The van der Waals surface area contributed by atoms with Gasteiger partial charge in [-0.1, -0.05) is 50.5 Å². The maximum absolute atomic E-state index is 6.38. The summed E-state index contributed by atoms with van der Waals surface area (Å²) in [7, 11) is 0.396. The zero-order valence-electron chi connectivity index (χ0n) is 19.7. The highest BCUT2D eigenvalue weighted by Gasteiger charge is 2.37. The highest BCUT2D eigenvalue weighted by Crippen LogP contribution is 2.36. The molecule has 1 N–H and O–H groups in total. The van der Waals surface area contributed by atoms with Crippen molar-refractivity contribution in [2.75, 3.05) is 33.3 Å². The van der Waals surface area contributed by atoms with E-state index in [4.69, 9.17) is 9.42 Å². The zero-order valence-corrected chi connectivity index (χ0v) is 22.3. The van der Waals surface area contributed by atoms with Crippen molar-refractivity contribution in [1.82, 2.24) is 15.1 Å². The monoisotopic (exact) mass is 484 g/mol. The molecule has 1 saturated heterocycles. The van der Waals surface area contributed by atoms with E-state index >= 15 is 0 Å². The van der Waals surface area contributed by atoms with Crippen molar-refractivity contribution in [2.24, 2.45) is 10.9 Å². The van der Waals surface area contributed by atoms with Crippen LogP contribution in [0.5, 0.6) is 0 Å². The molecule has 0 aliphatic carbocycles. The summed E-state index contributed by atoms with van der Waals surface area (Å²) < 4.78 is 7.55. The smallest absolute Gasteiger partial charge is 0.192 e. The number of likely N-dealkylation sites (tertiary alicyclic amines) is 1. The lowest BCUT2D eigenvalue weighted by Gasteiger charge is -2.37. The Bertz CT molecular complexity index is 652. The Labute approximate surface area is 187 Å². The van der Waals surface area contributed by atoms with E-state index in [0.29, 0.717) is 12.0 Å². The van der Waals surface area contributed by atoms with Crippen molar-refractivity contribution >= 4 is 30.1 Å². The van der Waals surface area contributed by atoms with Gasteiger partial charge in [-0.2, -0.15) is 0 Å². The summed E-state index contributed by atoms with van der Waals surface area (Å²) in [6.45, 7) is 19.9. The standard InChI is InChI=1S/C22H41BrN4OSi/c1-17(2)20(23)21-25-19(11-13-26(21)6)24-18-10-9-12-27(16-18)14-15-28-29(7,8)22(3,4)5/h11,13,17-18H,9-10,12,14-16H2,1-8H3,(H,24,25)/b21-20+/t18-/m0/s1. The molecule has 2 rings (SSSR count). The number of hydrogen-bond acceptors (Lipinski definition) is 4. The fourth-order valence-corrected chi connectivity index (χ4v) is 4.68. The minimum Gasteiger partial charge on any atom is -0.416 e. The Hall–Kier alpha value is -0.633. The van der Waals surface area contributed by atoms with E-state index < -0.39 is 8.32 Å². The number of nitrogens with one attached hydrogen (secondary N) is 1. The Kier molecular flexibility index (Phi) is 8.59. The van der Waals surface area contributed by atoms with E-state index in [9.17, 15) is 0 Å². The maximum atomic E-state index is 6.38. The first-order valence-electron chi connectivity index (χ1n) is 10.9. The molecule has 0 aromatic carbocycles. The van der Waals surface area contributed by atoms with E-state index in [1.54, 1.807) is 0 Å². The summed E-state index contributed by atoms with van der Waals surface area (Å²) >= 11 is 3.73. The third-order valence-corrected chi connectivity index (χ3v) is 12.1. The number of rotatable bonds is 6. The molecule has 0 aromatic rings. The first-order valence-corrected chi connectivity index (χ1v) is 14.6. The molecule has 29 heavy (non-hydrogen) atoms. The van der Waals surface area contributed by atoms with Crippen LogP contribution in [-0.4, -0.2) is 63.3 Å². The summed E-state index contributed by atoms with van der Waals surface area (Å²) in [4.78, 5) is 9.66. The van der Waals surface area contributed by atoms with E-state index in [-0.39, 0.29) is 5.04 Å². The number of halogens is 1. The second-order valence-corrected chi connectivity index (χ2v) is 15.8. The van der Waals surface area contributed by atoms with Crippen LogP contribution < -0.4 is 5.32 Å². The number of nitrogens with zero attached hydrogens (tertiary/aromatic N) is 3. The topological polar surface area (TPSA) is 40.1 Å². The Balaban J connectivity index is 1.94. The third-order valence-electron chi connectivity index (χ3n) is 6.27. The molecule has 0 unspecified atom stereocenters. The van der Waals surface area contributed by atoms with Gasteiger partial charge in [-0.25, -0.2) is 0 Å². The van der Waals surface area contributed by atoms with Crippen molar-refractivity contribution < 1.29 is 4.43 Å². The lowest BCUT2D eigenvalue weighted by atomic mass is 10.1. The van der Waals surface area contributed by atoms with Crippen LogP contribution in [0.25, 0.3) is 0 Å². The van der Waals surface area contributed by atoms with Gasteiger partial charge in [-0.05, 0) is 49.5 Å². The molecular weight excluding hydrogens is 444 g/mol. The van der Waals surface area contributed by atoms with Crippen LogP contribution in [0, 0.1) is 5.92 Å². The Morgan fingerprint density at radius 3 is 2.69 bits per heavy atom. The fourth-order valence-electron chi connectivity index (χ4n) is 3.27. The number of amidine groups is 1. The molecule has 0 amide bonds. The summed E-state index contributed by atoms with van der Waals surface area (Å²) in [6, 6.07) is 0.339. The van der Waals surface area contributed by atoms with E-state index in [2.05, 4.69) is 98.1 Å². The van der Waals surface area contributed by atoms with Crippen LogP contribution in [-0.2, 0) is 4.43 Å². The molecule has 0 bridgehead atoms. The zero-order chi connectivity index (χ0) is 21.8. The molecule has 166 valence electrons. The highest BCUT2D eigenvalue weighted by atomic mass is 79.9. The van der Waals surface area contributed by atoms with Gasteiger partial charge in [0.2, 0.25) is 0 Å². The second-order valence-electron chi connectivity index (χ2n) is 10.1. The molecule has 0 radical (unpaired) electrons. The molecule has 7 heteroatoms. The van der Waals surface area contributed by atoms with Crippen LogP contribution >= 0.6 is 15.9 Å². The third kappa shape index (κ3) is 6.94. The fraction of sp³-hybridized carbons (Fsp3) is 0.773.